The van der Waals surface area contributed by atoms with Gasteiger partial charge in [-0.25, -0.2) is 8.42 Å². The zero-order chi connectivity index (χ0) is 31.5. The number of carbonyl (C=O) groups excluding carboxylic acids is 3. The first-order valence-corrected chi connectivity index (χ1v) is 16.2. The van der Waals surface area contributed by atoms with Crippen LogP contribution in [0.4, 0.5) is 11.4 Å². The second-order valence-corrected chi connectivity index (χ2v) is 13.6. The molecule has 0 saturated heterocycles. The molecule has 0 bridgehead atoms. The molecule has 1 N–H and O–H groups in total. The quantitative estimate of drug-likeness (QED) is 0.324. The molecule has 11 heteroatoms. The summed E-state index contributed by atoms with van der Waals surface area (Å²) in [6.07, 6.45) is 1.75. The Bertz CT molecular complexity index is 1610. The van der Waals surface area contributed by atoms with Gasteiger partial charge in [0.2, 0.25) is 21.8 Å². The van der Waals surface area contributed by atoms with E-state index in [-0.39, 0.29) is 36.9 Å². The van der Waals surface area contributed by atoms with Crippen molar-refractivity contribution < 1.29 is 27.5 Å². The molecule has 0 fully saturated rings. The van der Waals surface area contributed by atoms with Crippen LogP contribution in [-0.4, -0.2) is 45.0 Å². The topological polar surface area (TPSA) is 113 Å². The summed E-state index contributed by atoms with van der Waals surface area (Å²) in [5.74, 6) is -0.367. The molecule has 3 amide bonds. The highest BCUT2D eigenvalue weighted by Crippen LogP contribution is 2.43. The van der Waals surface area contributed by atoms with Gasteiger partial charge < -0.3 is 14.5 Å². The fourth-order valence-electron chi connectivity index (χ4n) is 5.20. The molecule has 1 heterocycles. The highest BCUT2D eigenvalue weighted by Gasteiger charge is 2.38. The molecule has 2 atom stereocenters. The fourth-order valence-corrected chi connectivity index (χ4v) is 5.93. The van der Waals surface area contributed by atoms with Crippen molar-refractivity contribution in [2.75, 3.05) is 22.7 Å². The van der Waals surface area contributed by atoms with Crippen LogP contribution in [0.25, 0.3) is 0 Å². The Hall–Kier alpha value is -3.89. The van der Waals surface area contributed by atoms with Gasteiger partial charge in [-0.2, -0.15) is 0 Å². The molecule has 1 aliphatic heterocycles. The molecule has 9 nitrogen and oxygen atoms in total. The SMILES string of the molecule is CC(=O)N(c1ccc(Cl)cc1)[C@@H]1C[C@H](C)N(C(=O)c2ccc(OCCC(C)(C)C(=O)NS(C)(=O)=O)cc2)c2ccccc21. The van der Waals surface area contributed by atoms with Crippen molar-refractivity contribution in [1.29, 1.82) is 0 Å². The lowest BCUT2D eigenvalue weighted by Crippen LogP contribution is -2.47. The number of nitrogens with one attached hydrogen (secondary N) is 1. The first kappa shape index (κ1) is 32.0. The molecule has 0 aliphatic carbocycles. The Morgan fingerprint density at radius 1 is 1.02 bits per heavy atom. The lowest BCUT2D eigenvalue weighted by atomic mass is 9.89. The van der Waals surface area contributed by atoms with Gasteiger partial charge in [-0.15, -0.1) is 0 Å². The van der Waals surface area contributed by atoms with Gasteiger partial charge in [0.05, 0.1) is 18.9 Å². The minimum atomic E-state index is -3.65. The van der Waals surface area contributed by atoms with Crippen LogP contribution < -0.4 is 19.3 Å². The first-order valence-electron chi connectivity index (χ1n) is 13.9. The predicted molar refractivity (Wildman–Crippen MR) is 168 cm³/mol. The van der Waals surface area contributed by atoms with Gasteiger partial charge in [0, 0.05) is 40.3 Å². The van der Waals surface area contributed by atoms with Crippen LogP contribution in [-0.2, 0) is 19.6 Å². The maximum Gasteiger partial charge on any atom is 0.258 e. The Balaban J connectivity index is 1.50. The molecule has 43 heavy (non-hydrogen) atoms. The number of anilines is 2. The number of carbonyl (C=O) groups is 3. The second-order valence-electron chi connectivity index (χ2n) is 11.4. The molecule has 0 aromatic heterocycles. The zero-order valence-electron chi connectivity index (χ0n) is 24.8. The number of rotatable bonds is 9. The average molecular weight is 626 g/mol. The van der Waals surface area contributed by atoms with E-state index < -0.39 is 21.3 Å². The van der Waals surface area contributed by atoms with E-state index >= 15 is 0 Å². The highest BCUT2D eigenvalue weighted by atomic mass is 35.5. The van der Waals surface area contributed by atoms with E-state index in [2.05, 4.69) is 0 Å². The monoisotopic (exact) mass is 625 g/mol. The summed E-state index contributed by atoms with van der Waals surface area (Å²) in [6, 6.07) is 21.1. The third-order valence-corrected chi connectivity index (χ3v) is 8.33. The van der Waals surface area contributed by atoms with E-state index in [0.717, 1.165) is 23.2 Å². The van der Waals surface area contributed by atoms with Gasteiger partial charge in [-0.3, -0.25) is 19.1 Å². The van der Waals surface area contributed by atoms with E-state index in [1.165, 1.54) is 6.92 Å². The molecule has 0 spiro atoms. The van der Waals surface area contributed by atoms with Crippen LogP contribution in [0.3, 0.4) is 0 Å². The van der Waals surface area contributed by atoms with Gasteiger partial charge in [-0.1, -0.05) is 43.6 Å². The number of hydrogen-bond acceptors (Lipinski definition) is 6. The summed E-state index contributed by atoms with van der Waals surface area (Å²) < 4.78 is 30.6. The Labute approximate surface area is 257 Å². The Morgan fingerprint density at radius 3 is 2.26 bits per heavy atom. The molecule has 4 rings (SSSR count). The van der Waals surface area contributed by atoms with Crippen LogP contribution >= 0.6 is 11.6 Å². The predicted octanol–water partition coefficient (Wildman–Crippen LogP) is 5.74. The van der Waals surface area contributed by atoms with Crippen molar-refractivity contribution in [1.82, 2.24) is 4.72 Å². The standard InChI is InChI=1S/C32H36ClN3O6S/c1-21-20-29(36(22(2)37)25-14-12-24(33)13-15-25)27-8-6-7-9-28(27)35(21)30(38)23-10-16-26(17-11-23)42-19-18-32(3,4)31(39)34-43(5,40)41/h6-17,21,29H,18-20H2,1-5H3,(H,34,39)/t21-,29+/m0/s1. The molecule has 0 radical (unpaired) electrons. The summed E-state index contributed by atoms with van der Waals surface area (Å²) >= 11 is 6.09. The zero-order valence-corrected chi connectivity index (χ0v) is 26.4. The first-order chi connectivity index (χ1) is 20.2. The molecule has 228 valence electrons. The molecular weight excluding hydrogens is 590 g/mol. The van der Waals surface area contributed by atoms with Gasteiger partial charge in [-0.05, 0) is 79.9 Å². The van der Waals surface area contributed by atoms with Crippen molar-refractivity contribution in [3.8, 4) is 5.75 Å². The average Bonchev–Trinajstić information content (AvgIpc) is 2.93. The van der Waals surface area contributed by atoms with Crippen molar-refractivity contribution in [2.45, 2.75) is 52.6 Å². The number of ether oxygens (including phenoxy) is 1. The lowest BCUT2D eigenvalue weighted by Gasteiger charge is -2.43. The summed E-state index contributed by atoms with van der Waals surface area (Å²) in [6.45, 7) is 6.97. The van der Waals surface area contributed by atoms with Crippen LogP contribution in [0.15, 0.2) is 72.8 Å². The van der Waals surface area contributed by atoms with Gasteiger partial charge in [0.25, 0.3) is 5.91 Å². The molecule has 0 unspecified atom stereocenters. The molecule has 1 aliphatic rings. The van der Waals surface area contributed by atoms with Gasteiger partial charge in [0.15, 0.2) is 0 Å². The molecule has 0 saturated carbocycles. The van der Waals surface area contributed by atoms with Gasteiger partial charge >= 0.3 is 0 Å². The van der Waals surface area contributed by atoms with Crippen molar-refractivity contribution in [3.63, 3.8) is 0 Å². The fraction of sp³-hybridized carbons (Fsp3) is 0.344. The van der Waals surface area contributed by atoms with Crippen molar-refractivity contribution >= 4 is 50.7 Å². The van der Waals surface area contributed by atoms with Crippen molar-refractivity contribution in [3.05, 3.63) is 88.9 Å². The maximum atomic E-state index is 13.8. The van der Waals surface area contributed by atoms with E-state index in [1.54, 1.807) is 60.0 Å². The summed E-state index contributed by atoms with van der Waals surface area (Å²) in [7, 11) is -3.65. The number of amides is 3. The van der Waals surface area contributed by atoms with Crippen LogP contribution in [0, 0.1) is 5.41 Å². The van der Waals surface area contributed by atoms with Gasteiger partial charge in [0.1, 0.15) is 5.75 Å². The maximum absolute atomic E-state index is 13.8. The van der Waals surface area contributed by atoms with Crippen LogP contribution in [0.1, 0.15) is 62.5 Å². The number of fused-ring (bicyclic) bond motifs is 1. The molecule has 3 aromatic carbocycles. The normalized spacial score (nSPS) is 16.7. The number of halogens is 1. The van der Waals surface area contributed by atoms with Crippen LogP contribution in [0.5, 0.6) is 5.75 Å². The third-order valence-electron chi connectivity index (χ3n) is 7.52. The number of sulfonamides is 1. The molecular formula is C32H36ClN3O6S. The Kier molecular flexibility index (Phi) is 9.51. The summed E-state index contributed by atoms with van der Waals surface area (Å²) in [4.78, 5) is 42.5. The minimum absolute atomic E-state index is 0.107. The molecule has 3 aromatic rings. The second kappa shape index (κ2) is 12.8. The number of nitrogens with zero attached hydrogens (tertiary/aromatic N) is 2. The van der Waals surface area contributed by atoms with Crippen LogP contribution in [0.2, 0.25) is 5.02 Å². The number of hydrogen-bond donors (Lipinski definition) is 1. The lowest BCUT2D eigenvalue weighted by molar-refractivity contribution is -0.128. The third kappa shape index (κ3) is 7.55. The smallest absolute Gasteiger partial charge is 0.258 e. The highest BCUT2D eigenvalue weighted by molar-refractivity contribution is 7.89. The number of para-hydroxylation sites is 1. The van der Waals surface area contributed by atoms with E-state index in [9.17, 15) is 22.8 Å². The van der Waals surface area contributed by atoms with E-state index in [1.807, 2.05) is 48.0 Å². The summed E-state index contributed by atoms with van der Waals surface area (Å²) in [5, 5.41) is 0.582. The summed E-state index contributed by atoms with van der Waals surface area (Å²) in [5.41, 5.74) is 1.87. The number of benzene rings is 3. The minimum Gasteiger partial charge on any atom is -0.494 e. The van der Waals surface area contributed by atoms with E-state index in [0.29, 0.717) is 22.8 Å². The van der Waals surface area contributed by atoms with Crippen molar-refractivity contribution in [2.24, 2.45) is 5.41 Å². The Morgan fingerprint density at radius 2 is 1.65 bits per heavy atom. The largest absolute Gasteiger partial charge is 0.494 e. The van der Waals surface area contributed by atoms with E-state index in [4.69, 9.17) is 16.3 Å².